The van der Waals surface area contributed by atoms with Gasteiger partial charge in [-0.05, 0) is 31.2 Å². The minimum absolute atomic E-state index is 0.0798. The van der Waals surface area contributed by atoms with Gasteiger partial charge in [0.05, 0.1) is 5.69 Å². The molecule has 0 aliphatic carbocycles. The minimum Gasteiger partial charge on any atom is -0.331 e. The van der Waals surface area contributed by atoms with E-state index in [0.29, 0.717) is 17.6 Å². The average molecular weight is 319 g/mol. The van der Waals surface area contributed by atoms with Gasteiger partial charge < -0.3 is 4.57 Å². The summed E-state index contributed by atoms with van der Waals surface area (Å²) in [4.78, 5) is 4.29. The highest BCUT2D eigenvalue weighted by Crippen LogP contribution is 2.26. The molecule has 0 aliphatic heterocycles. The molecule has 0 atom stereocenters. The highest BCUT2D eigenvalue weighted by molar-refractivity contribution is 7.93. The lowest BCUT2D eigenvalue weighted by molar-refractivity contribution is 0.598. The summed E-state index contributed by atoms with van der Waals surface area (Å²) in [6, 6.07) is 9.01. The molecular formula is C15H14FN3O2S. The van der Waals surface area contributed by atoms with Crippen molar-refractivity contribution in [3.05, 3.63) is 54.6 Å². The first-order valence-electron chi connectivity index (χ1n) is 6.74. The van der Waals surface area contributed by atoms with Crippen molar-refractivity contribution < 1.29 is 12.8 Å². The molecule has 5 nitrogen and oxygen atoms in total. The molecule has 3 aromatic rings. The Kier molecular flexibility index (Phi) is 3.58. The maximum absolute atomic E-state index is 13.7. The molecule has 0 radical (unpaired) electrons. The van der Waals surface area contributed by atoms with E-state index in [1.807, 2.05) is 6.92 Å². The number of sulfonamides is 1. The summed E-state index contributed by atoms with van der Waals surface area (Å²) < 4.78 is 42.9. The predicted octanol–water partition coefficient (Wildman–Crippen LogP) is 3.00. The number of halogens is 1. The van der Waals surface area contributed by atoms with Crippen molar-refractivity contribution in [2.45, 2.75) is 18.4 Å². The predicted molar refractivity (Wildman–Crippen MR) is 82.6 cm³/mol. The van der Waals surface area contributed by atoms with Crippen molar-refractivity contribution in [1.29, 1.82) is 0 Å². The standard InChI is InChI=1S/C15H14FN3O2S/c1-2-19-10-14(11-6-5-9-17-15(11)19)22(20,21)18-13-8-4-3-7-12(13)16/h3-10,18H,2H2,1H3. The second-order valence-electron chi connectivity index (χ2n) is 4.74. The normalized spacial score (nSPS) is 11.7. The van der Waals surface area contributed by atoms with Crippen molar-refractivity contribution >= 4 is 26.7 Å². The Bertz CT molecular complexity index is 935. The lowest BCUT2D eigenvalue weighted by atomic mass is 10.3. The molecular weight excluding hydrogens is 305 g/mol. The summed E-state index contributed by atoms with van der Waals surface area (Å²) in [7, 11) is -3.90. The molecule has 0 saturated heterocycles. The summed E-state index contributed by atoms with van der Waals surface area (Å²) in [6.45, 7) is 2.48. The number of anilines is 1. The zero-order chi connectivity index (χ0) is 15.7. The zero-order valence-electron chi connectivity index (χ0n) is 11.8. The lowest BCUT2D eigenvalue weighted by Crippen LogP contribution is -2.13. The molecule has 114 valence electrons. The van der Waals surface area contributed by atoms with E-state index in [2.05, 4.69) is 9.71 Å². The second-order valence-corrected chi connectivity index (χ2v) is 6.39. The van der Waals surface area contributed by atoms with Crippen LogP contribution < -0.4 is 4.72 Å². The number of nitrogens with one attached hydrogen (secondary N) is 1. The number of pyridine rings is 1. The Morgan fingerprint density at radius 1 is 1.23 bits per heavy atom. The number of hydrogen-bond acceptors (Lipinski definition) is 3. The molecule has 2 heterocycles. The van der Waals surface area contributed by atoms with Crippen LogP contribution in [0.2, 0.25) is 0 Å². The number of aromatic nitrogens is 2. The van der Waals surface area contributed by atoms with Gasteiger partial charge >= 0.3 is 0 Å². The Hall–Kier alpha value is -2.41. The molecule has 0 saturated carbocycles. The summed E-state index contributed by atoms with van der Waals surface area (Å²) in [5, 5.41) is 0.508. The van der Waals surface area contributed by atoms with Gasteiger partial charge in [-0.25, -0.2) is 17.8 Å². The van der Waals surface area contributed by atoms with Crippen molar-refractivity contribution in [1.82, 2.24) is 9.55 Å². The maximum atomic E-state index is 13.7. The van der Waals surface area contributed by atoms with E-state index >= 15 is 0 Å². The zero-order valence-corrected chi connectivity index (χ0v) is 12.6. The van der Waals surface area contributed by atoms with Crippen LogP contribution in [0.4, 0.5) is 10.1 Å². The van der Waals surface area contributed by atoms with Crippen LogP contribution in [0.3, 0.4) is 0 Å². The fourth-order valence-electron chi connectivity index (χ4n) is 2.29. The van der Waals surface area contributed by atoms with Crippen LogP contribution >= 0.6 is 0 Å². The third-order valence-corrected chi connectivity index (χ3v) is 4.74. The van der Waals surface area contributed by atoms with Crippen LogP contribution in [0.15, 0.2) is 53.7 Å². The fraction of sp³-hybridized carbons (Fsp3) is 0.133. The highest BCUT2D eigenvalue weighted by Gasteiger charge is 2.22. The van der Waals surface area contributed by atoms with Gasteiger partial charge in [0.2, 0.25) is 0 Å². The van der Waals surface area contributed by atoms with E-state index in [1.54, 1.807) is 29.0 Å². The Labute approximate surface area is 127 Å². The first-order valence-corrected chi connectivity index (χ1v) is 8.22. The topological polar surface area (TPSA) is 64.0 Å². The molecule has 3 rings (SSSR count). The van der Waals surface area contributed by atoms with E-state index in [4.69, 9.17) is 0 Å². The fourth-order valence-corrected chi connectivity index (χ4v) is 3.57. The van der Waals surface area contributed by atoms with Crippen LogP contribution in [-0.4, -0.2) is 18.0 Å². The highest BCUT2D eigenvalue weighted by atomic mass is 32.2. The number of aryl methyl sites for hydroxylation is 1. The molecule has 0 aliphatic rings. The van der Waals surface area contributed by atoms with Crippen molar-refractivity contribution in [3.8, 4) is 0 Å². The summed E-state index contributed by atoms with van der Waals surface area (Å²) in [6.07, 6.45) is 3.12. The molecule has 0 unspecified atom stereocenters. The van der Waals surface area contributed by atoms with Crippen molar-refractivity contribution in [2.75, 3.05) is 4.72 Å². The molecule has 1 aromatic carbocycles. The van der Waals surface area contributed by atoms with Gasteiger partial charge in [0.15, 0.2) is 0 Å². The Balaban J connectivity index is 2.12. The van der Waals surface area contributed by atoms with Crippen molar-refractivity contribution in [2.24, 2.45) is 0 Å². The molecule has 1 N–H and O–H groups in total. The maximum Gasteiger partial charge on any atom is 0.264 e. The smallest absolute Gasteiger partial charge is 0.264 e. The third-order valence-electron chi connectivity index (χ3n) is 3.35. The number of benzene rings is 1. The van der Waals surface area contributed by atoms with Gasteiger partial charge in [-0.3, -0.25) is 4.72 Å². The first-order chi connectivity index (χ1) is 10.5. The van der Waals surface area contributed by atoms with Gasteiger partial charge in [-0.1, -0.05) is 12.1 Å². The molecule has 22 heavy (non-hydrogen) atoms. The number of rotatable bonds is 4. The van der Waals surface area contributed by atoms with Crippen LogP contribution in [-0.2, 0) is 16.6 Å². The molecule has 0 fully saturated rings. The third kappa shape index (κ3) is 2.43. The Morgan fingerprint density at radius 2 is 2.00 bits per heavy atom. The van der Waals surface area contributed by atoms with Gasteiger partial charge in [0.1, 0.15) is 16.4 Å². The largest absolute Gasteiger partial charge is 0.331 e. The molecule has 0 bridgehead atoms. The summed E-state index contributed by atoms with van der Waals surface area (Å²) in [5.41, 5.74) is 0.502. The van der Waals surface area contributed by atoms with Gasteiger partial charge in [0, 0.05) is 24.3 Å². The quantitative estimate of drug-likeness (QED) is 0.804. The van der Waals surface area contributed by atoms with E-state index < -0.39 is 15.8 Å². The molecule has 7 heteroatoms. The Morgan fingerprint density at radius 3 is 2.73 bits per heavy atom. The first kappa shape index (κ1) is 14.5. The van der Waals surface area contributed by atoms with Gasteiger partial charge in [0.25, 0.3) is 10.0 Å². The monoisotopic (exact) mass is 319 g/mol. The molecule has 0 spiro atoms. The van der Waals surface area contributed by atoms with Crippen LogP contribution in [0.25, 0.3) is 11.0 Å². The van der Waals surface area contributed by atoms with E-state index in [0.717, 1.165) is 0 Å². The van der Waals surface area contributed by atoms with Gasteiger partial charge in [-0.15, -0.1) is 0 Å². The lowest BCUT2D eigenvalue weighted by Gasteiger charge is -2.07. The van der Waals surface area contributed by atoms with Crippen LogP contribution in [0, 0.1) is 5.82 Å². The number of hydrogen-bond donors (Lipinski definition) is 1. The van der Waals surface area contributed by atoms with E-state index in [9.17, 15) is 12.8 Å². The average Bonchev–Trinajstić information content (AvgIpc) is 2.89. The van der Waals surface area contributed by atoms with Gasteiger partial charge in [-0.2, -0.15) is 0 Å². The number of fused-ring (bicyclic) bond motifs is 1. The van der Waals surface area contributed by atoms with E-state index in [1.165, 1.54) is 24.4 Å². The molecule has 0 amide bonds. The van der Waals surface area contributed by atoms with Crippen LogP contribution in [0.5, 0.6) is 0 Å². The SMILES string of the molecule is CCn1cc(S(=O)(=O)Nc2ccccc2F)c2cccnc21. The summed E-state index contributed by atoms with van der Waals surface area (Å²) >= 11 is 0. The minimum atomic E-state index is -3.90. The second kappa shape index (κ2) is 5.42. The van der Waals surface area contributed by atoms with Crippen molar-refractivity contribution in [3.63, 3.8) is 0 Å². The van der Waals surface area contributed by atoms with E-state index in [-0.39, 0.29) is 10.6 Å². The number of nitrogens with zero attached hydrogens (tertiary/aromatic N) is 2. The number of para-hydroxylation sites is 1. The molecule has 2 aromatic heterocycles. The van der Waals surface area contributed by atoms with Crippen LogP contribution in [0.1, 0.15) is 6.92 Å². The summed E-state index contributed by atoms with van der Waals surface area (Å²) in [5.74, 6) is -0.622.